The van der Waals surface area contributed by atoms with Gasteiger partial charge in [0.1, 0.15) is 0 Å². The van der Waals surface area contributed by atoms with Crippen molar-refractivity contribution in [2.75, 3.05) is 13.1 Å². The number of aromatic nitrogens is 2. The highest BCUT2D eigenvalue weighted by Gasteiger charge is 2.19. The van der Waals surface area contributed by atoms with Crippen LogP contribution >= 0.6 is 0 Å². The second-order valence-electron chi connectivity index (χ2n) is 3.80. The van der Waals surface area contributed by atoms with Crippen molar-refractivity contribution in [1.82, 2.24) is 15.1 Å². The lowest BCUT2D eigenvalue weighted by Gasteiger charge is -2.13. The fraction of sp³-hybridized carbons (Fsp3) is 0.667. The van der Waals surface area contributed by atoms with E-state index >= 15 is 0 Å². The molecule has 0 aromatic carbocycles. The largest absolute Gasteiger partial charge is 0.326 e. The molecule has 1 atom stereocenters. The van der Waals surface area contributed by atoms with E-state index in [1.54, 1.807) is 0 Å². The van der Waals surface area contributed by atoms with Crippen LogP contribution in [0.3, 0.4) is 0 Å². The highest BCUT2D eigenvalue weighted by molar-refractivity contribution is 5.14. The average Bonchev–Trinajstić information content (AvgIpc) is 2.64. The van der Waals surface area contributed by atoms with Crippen LogP contribution in [-0.2, 0) is 6.54 Å². The molecule has 1 fully saturated rings. The van der Waals surface area contributed by atoms with Crippen LogP contribution in [-0.4, -0.2) is 34.2 Å². The molecule has 72 valence electrons. The topological polar surface area (TPSA) is 57.9 Å². The number of rotatable bonds is 2. The van der Waals surface area contributed by atoms with Gasteiger partial charge in [0.15, 0.2) is 0 Å². The molecule has 0 saturated carbocycles. The number of hydrogen-bond donors (Lipinski definition) is 2. The van der Waals surface area contributed by atoms with Crippen molar-refractivity contribution in [2.24, 2.45) is 5.73 Å². The molecule has 2 rings (SSSR count). The molecule has 0 radical (unpaired) electrons. The van der Waals surface area contributed by atoms with E-state index < -0.39 is 0 Å². The maximum atomic E-state index is 5.83. The average molecular weight is 180 g/mol. The Balaban J connectivity index is 1.95. The Morgan fingerprint density at radius 1 is 1.77 bits per heavy atom. The number of nitrogens with zero attached hydrogens (tertiary/aromatic N) is 2. The summed E-state index contributed by atoms with van der Waals surface area (Å²) in [6.07, 6.45) is 3.02. The first-order chi connectivity index (χ1) is 6.25. The lowest BCUT2D eigenvalue weighted by molar-refractivity contribution is 0.326. The van der Waals surface area contributed by atoms with Crippen molar-refractivity contribution in [3.05, 3.63) is 17.5 Å². The summed E-state index contributed by atoms with van der Waals surface area (Å²) in [5, 5.41) is 6.95. The SMILES string of the molecule is Cc1[nH]ncc1CN1CC[C@H](N)C1. The lowest BCUT2D eigenvalue weighted by Crippen LogP contribution is -2.26. The van der Waals surface area contributed by atoms with E-state index in [1.807, 2.05) is 6.20 Å². The van der Waals surface area contributed by atoms with E-state index in [1.165, 1.54) is 11.3 Å². The van der Waals surface area contributed by atoms with Gasteiger partial charge >= 0.3 is 0 Å². The first-order valence-corrected chi connectivity index (χ1v) is 4.72. The zero-order chi connectivity index (χ0) is 9.26. The van der Waals surface area contributed by atoms with Crippen molar-refractivity contribution in [1.29, 1.82) is 0 Å². The van der Waals surface area contributed by atoms with Gasteiger partial charge in [0.05, 0.1) is 6.20 Å². The summed E-state index contributed by atoms with van der Waals surface area (Å²) in [5.41, 5.74) is 8.28. The smallest absolute Gasteiger partial charge is 0.0535 e. The predicted molar refractivity (Wildman–Crippen MR) is 51.2 cm³/mol. The number of aryl methyl sites for hydroxylation is 1. The number of nitrogens with two attached hydrogens (primary N) is 1. The van der Waals surface area contributed by atoms with Crippen molar-refractivity contribution >= 4 is 0 Å². The molecule has 1 saturated heterocycles. The molecule has 0 aliphatic carbocycles. The molecule has 1 aromatic rings. The van der Waals surface area contributed by atoms with Crippen LogP contribution in [0, 0.1) is 6.92 Å². The van der Waals surface area contributed by atoms with Crippen LogP contribution in [0.2, 0.25) is 0 Å². The van der Waals surface area contributed by atoms with E-state index in [-0.39, 0.29) is 0 Å². The number of hydrogen-bond acceptors (Lipinski definition) is 3. The molecule has 0 spiro atoms. The molecule has 2 heterocycles. The Hall–Kier alpha value is -0.870. The van der Waals surface area contributed by atoms with Crippen LogP contribution in [0.25, 0.3) is 0 Å². The highest BCUT2D eigenvalue weighted by Crippen LogP contribution is 2.13. The van der Waals surface area contributed by atoms with Crippen molar-refractivity contribution < 1.29 is 0 Å². The summed E-state index contributed by atoms with van der Waals surface area (Å²) >= 11 is 0. The third kappa shape index (κ3) is 1.89. The molecule has 1 aliphatic rings. The van der Waals surface area contributed by atoms with Gasteiger partial charge in [-0.15, -0.1) is 0 Å². The minimum Gasteiger partial charge on any atom is -0.326 e. The molecular weight excluding hydrogens is 164 g/mol. The summed E-state index contributed by atoms with van der Waals surface area (Å²) in [4.78, 5) is 2.38. The first kappa shape index (κ1) is 8.72. The molecular formula is C9H16N4. The quantitative estimate of drug-likeness (QED) is 0.686. The van der Waals surface area contributed by atoms with Gasteiger partial charge in [-0.1, -0.05) is 0 Å². The van der Waals surface area contributed by atoms with E-state index in [0.29, 0.717) is 6.04 Å². The lowest BCUT2D eigenvalue weighted by atomic mass is 10.2. The molecule has 1 aliphatic heterocycles. The van der Waals surface area contributed by atoms with Gasteiger partial charge in [-0.05, 0) is 13.3 Å². The first-order valence-electron chi connectivity index (χ1n) is 4.72. The maximum absolute atomic E-state index is 5.83. The van der Waals surface area contributed by atoms with Crippen molar-refractivity contribution in [2.45, 2.75) is 25.9 Å². The Labute approximate surface area is 78.1 Å². The second-order valence-corrected chi connectivity index (χ2v) is 3.80. The maximum Gasteiger partial charge on any atom is 0.0535 e. The van der Waals surface area contributed by atoms with Crippen LogP contribution < -0.4 is 5.73 Å². The van der Waals surface area contributed by atoms with E-state index in [2.05, 4.69) is 22.0 Å². The van der Waals surface area contributed by atoms with E-state index in [9.17, 15) is 0 Å². The fourth-order valence-electron chi connectivity index (χ4n) is 1.78. The number of aromatic amines is 1. The summed E-state index contributed by atoms with van der Waals surface area (Å²) in [7, 11) is 0. The van der Waals surface area contributed by atoms with Crippen LogP contribution in [0.1, 0.15) is 17.7 Å². The third-order valence-electron chi connectivity index (χ3n) is 2.64. The monoisotopic (exact) mass is 180 g/mol. The van der Waals surface area contributed by atoms with Gasteiger partial charge in [0.2, 0.25) is 0 Å². The molecule has 0 unspecified atom stereocenters. The molecule has 1 aromatic heterocycles. The van der Waals surface area contributed by atoms with Gasteiger partial charge in [0.25, 0.3) is 0 Å². The Morgan fingerprint density at radius 2 is 2.62 bits per heavy atom. The van der Waals surface area contributed by atoms with Gasteiger partial charge in [-0.25, -0.2) is 0 Å². The van der Waals surface area contributed by atoms with Gasteiger partial charge in [0, 0.05) is 36.9 Å². The molecule has 13 heavy (non-hydrogen) atoms. The molecule has 4 nitrogen and oxygen atoms in total. The number of H-pyrrole nitrogens is 1. The predicted octanol–water partition coefficient (Wildman–Crippen LogP) is 0.251. The number of nitrogens with one attached hydrogen (secondary N) is 1. The molecule has 4 heteroatoms. The fourth-order valence-corrected chi connectivity index (χ4v) is 1.78. The second kappa shape index (κ2) is 3.47. The Morgan fingerprint density at radius 3 is 3.15 bits per heavy atom. The number of likely N-dealkylation sites (tertiary alicyclic amines) is 1. The standard InChI is InChI=1S/C9H16N4/c1-7-8(4-11-12-7)5-13-3-2-9(10)6-13/h4,9H,2-3,5-6,10H2,1H3,(H,11,12)/t9-/m0/s1. The van der Waals surface area contributed by atoms with Gasteiger partial charge < -0.3 is 5.73 Å². The Kier molecular flexibility index (Phi) is 2.33. The summed E-state index contributed by atoms with van der Waals surface area (Å²) in [5.74, 6) is 0. The van der Waals surface area contributed by atoms with Crippen LogP contribution in [0.5, 0.6) is 0 Å². The van der Waals surface area contributed by atoms with Gasteiger partial charge in [-0.2, -0.15) is 5.10 Å². The Bertz CT molecular complexity index is 281. The van der Waals surface area contributed by atoms with Crippen molar-refractivity contribution in [3.8, 4) is 0 Å². The minimum atomic E-state index is 0.368. The summed E-state index contributed by atoms with van der Waals surface area (Å²) in [6.45, 7) is 5.17. The van der Waals surface area contributed by atoms with E-state index in [4.69, 9.17) is 5.73 Å². The summed E-state index contributed by atoms with van der Waals surface area (Å²) < 4.78 is 0. The third-order valence-corrected chi connectivity index (χ3v) is 2.64. The van der Waals surface area contributed by atoms with Gasteiger partial charge in [-0.3, -0.25) is 10.00 Å². The minimum absolute atomic E-state index is 0.368. The zero-order valence-corrected chi connectivity index (χ0v) is 7.95. The summed E-state index contributed by atoms with van der Waals surface area (Å²) in [6, 6.07) is 0.368. The normalized spacial score (nSPS) is 24.0. The van der Waals surface area contributed by atoms with Crippen molar-refractivity contribution in [3.63, 3.8) is 0 Å². The van der Waals surface area contributed by atoms with E-state index in [0.717, 1.165) is 26.1 Å². The molecule has 0 bridgehead atoms. The highest BCUT2D eigenvalue weighted by atomic mass is 15.2. The molecule has 3 N–H and O–H groups in total. The van der Waals surface area contributed by atoms with Crippen LogP contribution in [0.15, 0.2) is 6.20 Å². The zero-order valence-electron chi connectivity index (χ0n) is 7.95. The van der Waals surface area contributed by atoms with Crippen LogP contribution in [0.4, 0.5) is 0 Å². The molecule has 0 amide bonds.